The van der Waals surface area contributed by atoms with Gasteiger partial charge in [0.05, 0.1) is 6.42 Å². The average molecular weight is 247 g/mol. The van der Waals surface area contributed by atoms with E-state index in [1.54, 1.807) is 0 Å². The van der Waals surface area contributed by atoms with Crippen LogP contribution in [0, 0.1) is 0 Å². The molecule has 5 heteroatoms. The van der Waals surface area contributed by atoms with E-state index in [-0.39, 0.29) is 18.9 Å². The highest BCUT2D eigenvalue weighted by molar-refractivity contribution is 6.00. The minimum atomic E-state index is -0.751. The third kappa shape index (κ3) is 2.62. The number of nitrogens with zero attached hydrogens (tertiary/aromatic N) is 1. The maximum absolute atomic E-state index is 11.7. The Labute approximate surface area is 104 Å². The highest BCUT2D eigenvalue weighted by Crippen LogP contribution is 2.15. The van der Waals surface area contributed by atoms with Crippen molar-refractivity contribution in [2.75, 3.05) is 0 Å². The van der Waals surface area contributed by atoms with E-state index in [1.807, 2.05) is 30.3 Å². The van der Waals surface area contributed by atoms with Gasteiger partial charge in [-0.1, -0.05) is 30.3 Å². The van der Waals surface area contributed by atoms with E-state index in [2.05, 4.69) is 0 Å². The van der Waals surface area contributed by atoms with E-state index >= 15 is 0 Å². The second-order valence-corrected chi connectivity index (χ2v) is 4.05. The van der Waals surface area contributed by atoms with Gasteiger partial charge in [0.15, 0.2) is 6.29 Å². The first-order valence-corrected chi connectivity index (χ1v) is 5.70. The van der Waals surface area contributed by atoms with Crippen LogP contribution in [-0.4, -0.2) is 24.3 Å². The maximum Gasteiger partial charge on any atom is 0.575 e. The number of aldehydes is 1. The first-order chi connectivity index (χ1) is 8.72. The van der Waals surface area contributed by atoms with Crippen molar-refractivity contribution < 1.29 is 19.1 Å². The number of imide groups is 1. The normalized spacial score (nSPS) is 19.8. The minimum Gasteiger partial charge on any atom is -0.411 e. The molecule has 1 aromatic carbocycles. The molecular weight excluding hydrogens is 234 g/mol. The molecule has 0 bridgehead atoms. The van der Waals surface area contributed by atoms with Crippen molar-refractivity contribution in [3.63, 3.8) is 0 Å². The molecule has 2 amide bonds. The Hall–Kier alpha value is -2.01. The van der Waals surface area contributed by atoms with E-state index in [0.717, 1.165) is 10.5 Å². The van der Waals surface area contributed by atoms with Crippen LogP contribution in [0.1, 0.15) is 18.4 Å². The molecular formula is C13H13NO4+. The number of amides is 2. The molecule has 0 N–H and O–H groups in total. The first-order valence-electron chi connectivity index (χ1n) is 5.70. The number of carbonyl (C=O) groups is 3. The molecule has 0 saturated carbocycles. The predicted molar refractivity (Wildman–Crippen MR) is 62.9 cm³/mol. The Morgan fingerprint density at radius 1 is 1.39 bits per heavy atom. The molecule has 1 fully saturated rings. The zero-order valence-electron chi connectivity index (χ0n) is 9.74. The number of carbonyl (C=O) groups excluding carboxylic acids is 3. The smallest absolute Gasteiger partial charge is 0.411 e. The number of ether oxygens (including phenoxy) is 1. The highest BCUT2D eigenvalue weighted by atomic mass is 16.6. The van der Waals surface area contributed by atoms with Gasteiger partial charge in [-0.05, 0) is 5.56 Å². The average Bonchev–Trinajstić information content (AvgIpc) is 2.78. The number of benzene rings is 1. The molecule has 1 heterocycles. The van der Waals surface area contributed by atoms with Gasteiger partial charge in [0, 0.05) is 11.3 Å². The summed E-state index contributed by atoms with van der Waals surface area (Å²) in [6.07, 6.45) is 0.444. The topological polar surface area (TPSA) is 66.3 Å². The zero-order valence-corrected chi connectivity index (χ0v) is 9.74. The summed E-state index contributed by atoms with van der Waals surface area (Å²) in [6.45, 7) is 0.0923. The summed E-state index contributed by atoms with van der Waals surface area (Å²) in [5.74, 6) is -0.356. The monoisotopic (exact) mass is 247 g/mol. The SMILES string of the molecule is O=C[C@@H]1CCC(=O)[N+]1C(=O)OCc1ccccc1. The van der Waals surface area contributed by atoms with Crippen LogP contribution in [0.2, 0.25) is 0 Å². The lowest BCUT2D eigenvalue weighted by molar-refractivity contribution is -0.124. The van der Waals surface area contributed by atoms with Crippen molar-refractivity contribution in [1.82, 2.24) is 4.90 Å². The van der Waals surface area contributed by atoms with Gasteiger partial charge < -0.3 is 4.74 Å². The van der Waals surface area contributed by atoms with Crippen molar-refractivity contribution in [1.29, 1.82) is 0 Å². The maximum atomic E-state index is 11.7. The third-order valence-electron chi connectivity index (χ3n) is 2.81. The first kappa shape index (κ1) is 12.4. The number of hydrogen-bond acceptors (Lipinski definition) is 4. The second-order valence-electron chi connectivity index (χ2n) is 4.05. The van der Waals surface area contributed by atoms with Crippen LogP contribution in [0.3, 0.4) is 0 Å². The van der Waals surface area contributed by atoms with Gasteiger partial charge in [-0.15, -0.1) is 0 Å². The van der Waals surface area contributed by atoms with Crippen molar-refractivity contribution in [3.8, 4) is 0 Å². The van der Waals surface area contributed by atoms with Gasteiger partial charge in [-0.2, -0.15) is 4.79 Å². The van der Waals surface area contributed by atoms with Crippen molar-refractivity contribution >= 4 is 18.3 Å². The van der Waals surface area contributed by atoms with Crippen LogP contribution in [0.15, 0.2) is 30.3 Å². The van der Waals surface area contributed by atoms with Crippen LogP contribution >= 0.6 is 0 Å². The second kappa shape index (κ2) is 5.55. The lowest BCUT2D eigenvalue weighted by Gasteiger charge is -2.05. The fraction of sp³-hybridized carbons (Fsp3) is 0.308. The fourth-order valence-electron chi connectivity index (χ4n) is 1.86. The Bertz CT molecular complexity index is 457. The molecule has 1 saturated heterocycles. The Morgan fingerprint density at radius 2 is 2.11 bits per heavy atom. The summed E-state index contributed by atoms with van der Waals surface area (Å²) in [7, 11) is 0. The molecule has 0 aliphatic carbocycles. The molecule has 1 aromatic rings. The fourth-order valence-corrected chi connectivity index (χ4v) is 1.86. The summed E-state index contributed by atoms with van der Waals surface area (Å²) in [6, 6.07) is 8.47. The lowest BCUT2D eigenvalue weighted by Crippen LogP contribution is -2.45. The molecule has 1 radical (unpaired) electrons. The zero-order chi connectivity index (χ0) is 13.0. The van der Waals surface area contributed by atoms with Crippen molar-refractivity contribution in [2.45, 2.75) is 25.5 Å². The molecule has 0 aromatic heterocycles. The Balaban J connectivity index is 1.95. The summed E-state index contributed by atoms with van der Waals surface area (Å²) in [4.78, 5) is 34.8. The highest BCUT2D eigenvalue weighted by Gasteiger charge is 2.50. The van der Waals surface area contributed by atoms with E-state index < -0.39 is 12.1 Å². The molecule has 0 spiro atoms. The summed E-state index contributed by atoms with van der Waals surface area (Å²) >= 11 is 0. The molecule has 93 valence electrons. The van der Waals surface area contributed by atoms with Crippen LogP contribution in [0.4, 0.5) is 4.79 Å². The molecule has 1 aliphatic heterocycles. The van der Waals surface area contributed by atoms with Gasteiger partial charge in [0.25, 0.3) is 0 Å². The summed E-state index contributed by atoms with van der Waals surface area (Å²) in [5.41, 5.74) is 0.833. The number of hydrogen-bond donors (Lipinski definition) is 0. The third-order valence-corrected chi connectivity index (χ3v) is 2.81. The van der Waals surface area contributed by atoms with Gasteiger partial charge in [-0.3, -0.25) is 4.79 Å². The van der Waals surface area contributed by atoms with E-state index in [1.165, 1.54) is 0 Å². The molecule has 2 rings (SSSR count). The van der Waals surface area contributed by atoms with E-state index in [0.29, 0.717) is 12.7 Å². The summed E-state index contributed by atoms with van der Waals surface area (Å²) in [5, 5.41) is 0. The minimum absolute atomic E-state index is 0.0923. The van der Waals surface area contributed by atoms with Crippen LogP contribution in [0.25, 0.3) is 0 Å². The van der Waals surface area contributed by atoms with Crippen molar-refractivity contribution in [3.05, 3.63) is 35.9 Å². The number of rotatable bonds is 3. The van der Waals surface area contributed by atoms with Crippen molar-refractivity contribution in [2.24, 2.45) is 0 Å². The molecule has 0 unspecified atom stereocenters. The Kier molecular flexibility index (Phi) is 3.84. The summed E-state index contributed by atoms with van der Waals surface area (Å²) < 4.78 is 5.02. The van der Waals surface area contributed by atoms with E-state index in [9.17, 15) is 14.4 Å². The molecule has 1 aliphatic rings. The van der Waals surface area contributed by atoms with E-state index in [4.69, 9.17) is 4.74 Å². The standard InChI is InChI=1S/C13H13NO4/c15-8-11-6-7-12(16)14(11)13(17)18-9-10-4-2-1-3-5-10/h1-5,8,11H,6-7,9H2/q+1/t11-/m0/s1. The largest absolute Gasteiger partial charge is 0.575 e. The predicted octanol–water partition coefficient (Wildman–Crippen LogP) is 1.35. The van der Waals surface area contributed by atoms with Gasteiger partial charge >= 0.3 is 12.0 Å². The van der Waals surface area contributed by atoms with Crippen LogP contribution in [0.5, 0.6) is 0 Å². The van der Waals surface area contributed by atoms with Crippen LogP contribution < -0.4 is 4.90 Å². The molecule has 5 nitrogen and oxygen atoms in total. The van der Waals surface area contributed by atoms with Gasteiger partial charge in [0.2, 0.25) is 6.04 Å². The van der Waals surface area contributed by atoms with Gasteiger partial charge in [-0.25, -0.2) is 4.79 Å². The number of likely N-dealkylation sites (tertiary alicyclic amines) is 1. The molecule has 1 atom stereocenters. The molecule has 18 heavy (non-hydrogen) atoms. The van der Waals surface area contributed by atoms with Crippen LogP contribution in [-0.2, 0) is 20.9 Å². The Morgan fingerprint density at radius 3 is 2.78 bits per heavy atom. The lowest BCUT2D eigenvalue weighted by atomic mass is 10.2. The van der Waals surface area contributed by atoms with Gasteiger partial charge in [0.1, 0.15) is 6.61 Å². The quantitative estimate of drug-likeness (QED) is 0.597.